The summed E-state index contributed by atoms with van der Waals surface area (Å²) in [6, 6.07) is 0.291. The van der Waals surface area contributed by atoms with Crippen molar-refractivity contribution in [2.75, 3.05) is 13.1 Å². The molecule has 3 rings (SSSR count). The fourth-order valence-corrected chi connectivity index (χ4v) is 3.85. The van der Waals surface area contributed by atoms with Crippen LogP contribution in [0.25, 0.3) is 0 Å². The maximum Gasteiger partial charge on any atom is 0.227 e. The number of hydrogen-bond donors (Lipinski definition) is 1. The summed E-state index contributed by atoms with van der Waals surface area (Å²) >= 11 is 0. The van der Waals surface area contributed by atoms with Crippen LogP contribution in [0.4, 0.5) is 0 Å². The van der Waals surface area contributed by atoms with Crippen LogP contribution in [0, 0.1) is 25.7 Å². The molecule has 20 heavy (non-hydrogen) atoms. The van der Waals surface area contributed by atoms with E-state index in [0.29, 0.717) is 24.3 Å². The van der Waals surface area contributed by atoms with Crippen LogP contribution in [0.15, 0.2) is 0 Å². The third kappa shape index (κ3) is 2.14. The van der Waals surface area contributed by atoms with Crippen LogP contribution in [-0.2, 0) is 18.3 Å². The summed E-state index contributed by atoms with van der Waals surface area (Å²) in [6.45, 7) is 5.75. The molecule has 0 radical (unpaired) electrons. The van der Waals surface area contributed by atoms with E-state index in [4.69, 9.17) is 5.73 Å². The minimum absolute atomic E-state index is 0.228. The molecule has 1 saturated carbocycles. The largest absolute Gasteiger partial charge is 0.342 e. The van der Waals surface area contributed by atoms with E-state index in [9.17, 15) is 4.79 Å². The Morgan fingerprint density at radius 2 is 2.10 bits per heavy atom. The van der Waals surface area contributed by atoms with Crippen LogP contribution < -0.4 is 5.73 Å². The molecule has 0 aromatic carbocycles. The quantitative estimate of drug-likeness (QED) is 0.868. The predicted molar refractivity (Wildman–Crippen MR) is 77.2 cm³/mol. The second-order valence-corrected chi connectivity index (χ2v) is 6.41. The number of carbonyl (C=O) groups is 1. The van der Waals surface area contributed by atoms with Gasteiger partial charge >= 0.3 is 0 Å². The molecule has 1 aliphatic carbocycles. The zero-order valence-electron chi connectivity index (χ0n) is 12.6. The highest BCUT2D eigenvalue weighted by Crippen LogP contribution is 2.37. The Labute approximate surface area is 120 Å². The zero-order valence-corrected chi connectivity index (χ0v) is 12.6. The summed E-state index contributed by atoms with van der Waals surface area (Å²) in [6.07, 6.45) is 2.78. The predicted octanol–water partition coefficient (Wildman–Crippen LogP) is 0.775. The lowest BCUT2D eigenvalue weighted by Gasteiger charge is -2.19. The maximum atomic E-state index is 12.5. The van der Waals surface area contributed by atoms with Crippen LogP contribution in [-0.4, -0.2) is 39.7 Å². The molecule has 2 N–H and O–H groups in total. The van der Waals surface area contributed by atoms with Crippen LogP contribution in [0.1, 0.15) is 29.8 Å². The monoisotopic (exact) mass is 276 g/mol. The first-order valence-electron chi connectivity index (χ1n) is 7.49. The number of aromatic nitrogens is 2. The molecular formula is C15H24N4O. The van der Waals surface area contributed by atoms with E-state index in [1.54, 1.807) is 0 Å². The van der Waals surface area contributed by atoms with Crippen molar-refractivity contribution in [3.05, 3.63) is 17.0 Å². The highest BCUT2D eigenvalue weighted by molar-refractivity contribution is 5.79. The Bertz CT molecular complexity index is 536. The first-order chi connectivity index (χ1) is 9.47. The van der Waals surface area contributed by atoms with E-state index in [2.05, 4.69) is 5.10 Å². The van der Waals surface area contributed by atoms with E-state index in [1.165, 1.54) is 6.42 Å². The molecule has 3 unspecified atom stereocenters. The average Bonchev–Trinajstić information content (AvgIpc) is 3.02. The second kappa shape index (κ2) is 4.88. The van der Waals surface area contributed by atoms with Gasteiger partial charge in [-0.15, -0.1) is 0 Å². The van der Waals surface area contributed by atoms with Crippen molar-refractivity contribution in [1.82, 2.24) is 14.7 Å². The smallest absolute Gasteiger partial charge is 0.227 e. The summed E-state index contributed by atoms with van der Waals surface area (Å²) in [5, 5.41) is 4.39. The number of amides is 1. The van der Waals surface area contributed by atoms with Crippen LogP contribution in [0.2, 0.25) is 0 Å². The van der Waals surface area contributed by atoms with Crippen molar-refractivity contribution >= 4 is 5.91 Å². The summed E-state index contributed by atoms with van der Waals surface area (Å²) in [5.41, 5.74) is 9.27. The number of likely N-dealkylation sites (tertiary alicyclic amines) is 1. The van der Waals surface area contributed by atoms with Gasteiger partial charge in [0.2, 0.25) is 5.91 Å². The van der Waals surface area contributed by atoms with Gasteiger partial charge in [-0.25, -0.2) is 0 Å². The molecular weight excluding hydrogens is 252 g/mol. The number of fused-ring (bicyclic) bond motifs is 1. The first-order valence-corrected chi connectivity index (χ1v) is 7.49. The minimum atomic E-state index is 0.228. The van der Waals surface area contributed by atoms with E-state index in [1.807, 2.05) is 30.5 Å². The van der Waals surface area contributed by atoms with Gasteiger partial charge in [-0.2, -0.15) is 5.10 Å². The third-order valence-corrected chi connectivity index (χ3v) is 5.25. The number of rotatable bonds is 2. The van der Waals surface area contributed by atoms with Gasteiger partial charge < -0.3 is 10.6 Å². The average molecular weight is 276 g/mol. The maximum absolute atomic E-state index is 12.5. The van der Waals surface area contributed by atoms with Gasteiger partial charge in [-0.1, -0.05) is 0 Å². The molecule has 2 fully saturated rings. The van der Waals surface area contributed by atoms with Gasteiger partial charge in [-0.3, -0.25) is 9.48 Å². The van der Waals surface area contributed by atoms with Gasteiger partial charge in [-0.05, 0) is 38.5 Å². The normalized spacial score (nSPS) is 29.0. The summed E-state index contributed by atoms with van der Waals surface area (Å²) in [5.74, 6) is 1.38. The fraction of sp³-hybridized carbons (Fsp3) is 0.733. The Kier molecular flexibility index (Phi) is 3.32. The molecule has 1 aromatic rings. The molecule has 5 nitrogen and oxygen atoms in total. The van der Waals surface area contributed by atoms with Gasteiger partial charge in [0.25, 0.3) is 0 Å². The molecule has 0 bridgehead atoms. The second-order valence-electron chi connectivity index (χ2n) is 6.41. The van der Waals surface area contributed by atoms with Crippen LogP contribution in [0.3, 0.4) is 0 Å². The SMILES string of the molecule is Cc1nn(C)c(C)c1CC(=O)N1CC2CCC(N)C2C1. The van der Waals surface area contributed by atoms with E-state index >= 15 is 0 Å². The molecule has 2 aliphatic rings. The topological polar surface area (TPSA) is 64.2 Å². The Balaban J connectivity index is 1.69. The highest BCUT2D eigenvalue weighted by Gasteiger charge is 2.42. The molecule has 3 atom stereocenters. The lowest BCUT2D eigenvalue weighted by atomic mass is 9.98. The number of nitrogens with two attached hydrogens (primary N) is 1. The zero-order chi connectivity index (χ0) is 14.4. The molecule has 2 heterocycles. The van der Waals surface area contributed by atoms with Gasteiger partial charge in [0.15, 0.2) is 0 Å². The number of nitrogens with zero attached hydrogens (tertiary/aromatic N) is 3. The Morgan fingerprint density at radius 1 is 1.35 bits per heavy atom. The van der Waals surface area contributed by atoms with Gasteiger partial charge in [0, 0.05) is 37.4 Å². The summed E-state index contributed by atoms with van der Waals surface area (Å²) in [7, 11) is 1.93. The standard InChI is InChI=1S/C15H24N4O/c1-9-12(10(2)18(3)17-9)6-15(20)19-7-11-4-5-14(16)13(11)8-19/h11,13-14H,4-8,16H2,1-3H3. The molecule has 1 amide bonds. The minimum Gasteiger partial charge on any atom is -0.342 e. The molecule has 1 aromatic heterocycles. The van der Waals surface area contributed by atoms with Crippen LogP contribution >= 0.6 is 0 Å². The Morgan fingerprint density at radius 3 is 2.70 bits per heavy atom. The van der Waals surface area contributed by atoms with Crippen molar-refractivity contribution in [1.29, 1.82) is 0 Å². The number of hydrogen-bond acceptors (Lipinski definition) is 3. The van der Waals surface area contributed by atoms with E-state index < -0.39 is 0 Å². The third-order valence-electron chi connectivity index (χ3n) is 5.25. The van der Waals surface area contributed by atoms with Crippen molar-refractivity contribution in [2.24, 2.45) is 24.6 Å². The lowest BCUT2D eigenvalue weighted by Crippen LogP contribution is -2.34. The van der Waals surface area contributed by atoms with Gasteiger partial charge in [0.05, 0.1) is 12.1 Å². The highest BCUT2D eigenvalue weighted by atomic mass is 16.2. The van der Waals surface area contributed by atoms with Crippen molar-refractivity contribution < 1.29 is 4.79 Å². The molecule has 5 heteroatoms. The molecule has 1 saturated heterocycles. The number of carbonyl (C=O) groups excluding carboxylic acids is 1. The molecule has 1 aliphatic heterocycles. The summed E-state index contributed by atoms with van der Waals surface area (Å²) < 4.78 is 1.85. The Hall–Kier alpha value is -1.36. The molecule has 0 spiro atoms. The van der Waals surface area contributed by atoms with Gasteiger partial charge in [0.1, 0.15) is 0 Å². The summed E-state index contributed by atoms with van der Waals surface area (Å²) in [4.78, 5) is 14.5. The van der Waals surface area contributed by atoms with Crippen molar-refractivity contribution in [3.63, 3.8) is 0 Å². The fourth-order valence-electron chi connectivity index (χ4n) is 3.85. The van der Waals surface area contributed by atoms with Crippen molar-refractivity contribution in [3.8, 4) is 0 Å². The number of aryl methyl sites for hydroxylation is 2. The lowest BCUT2D eigenvalue weighted by molar-refractivity contribution is -0.129. The first kappa shape index (κ1) is 13.6. The van der Waals surface area contributed by atoms with E-state index in [0.717, 1.165) is 36.5 Å². The van der Waals surface area contributed by atoms with E-state index in [-0.39, 0.29) is 5.91 Å². The molecule has 110 valence electrons. The van der Waals surface area contributed by atoms with Crippen LogP contribution in [0.5, 0.6) is 0 Å². The van der Waals surface area contributed by atoms with Crippen molar-refractivity contribution in [2.45, 2.75) is 39.2 Å².